The van der Waals surface area contributed by atoms with E-state index in [9.17, 15) is 8.78 Å². The summed E-state index contributed by atoms with van der Waals surface area (Å²) in [5.74, 6) is 3.35. The second kappa shape index (κ2) is 3.18. The van der Waals surface area contributed by atoms with Gasteiger partial charge in [0.25, 0.3) is 0 Å². The highest BCUT2D eigenvalue weighted by atomic mass is 19.2. The van der Waals surface area contributed by atoms with Gasteiger partial charge in [0.15, 0.2) is 11.6 Å². The molecule has 72 valence electrons. The highest BCUT2D eigenvalue weighted by Crippen LogP contribution is 2.28. The summed E-state index contributed by atoms with van der Waals surface area (Å²) in [6.07, 6.45) is 0. The summed E-state index contributed by atoms with van der Waals surface area (Å²) >= 11 is 0. The lowest BCUT2D eigenvalue weighted by atomic mass is 10.1. The van der Waals surface area contributed by atoms with E-state index in [0.717, 1.165) is 5.01 Å². The van der Waals surface area contributed by atoms with Crippen molar-refractivity contribution >= 4 is 11.4 Å². The number of anilines is 2. The molecule has 0 unspecified atom stereocenters. The predicted octanol–water partition coefficient (Wildman–Crippen LogP) is 1.17. The van der Waals surface area contributed by atoms with E-state index in [-0.39, 0.29) is 16.9 Å². The molecule has 1 rings (SSSR count). The SMILES string of the molecule is Cc1cc(N)c(N(C)N)c(F)c1F. The molecular weight excluding hydrogens is 176 g/mol. The molecule has 0 aliphatic rings. The van der Waals surface area contributed by atoms with Crippen molar-refractivity contribution in [1.82, 2.24) is 0 Å². The van der Waals surface area contributed by atoms with Gasteiger partial charge in [-0.05, 0) is 18.6 Å². The van der Waals surface area contributed by atoms with Gasteiger partial charge in [0.1, 0.15) is 5.69 Å². The topological polar surface area (TPSA) is 55.3 Å². The Kier molecular flexibility index (Phi) is 2.38. The maximum Gasteiger partial charge on any atom is 0.185 e. The van der Waals surface area contributed by atoms with E-state index in [4.69, 9.17) is 11.6 Å². The Morgan fingerprint density at radius 3 is 2.31 bits per heavy atom. The summed E-state index contributed by atoms with van der Waals surface area (Å²) in [7, 11) is 1.39. The third-order valence-electron chi connectivity index (χ3n) is 1.74. The molecular formula is C8H11F2N3. The van der Waals surface area contributed by atoms with Gasteiger partial charge in [-0.25, -0.2) is 14.6 Å². The fraction of sp³-hybridized carbons (Fsp3) is 0.250. The Labute approximate surface area is 74.9 Å². The minimum atomic E-state index is -1.01. The van der Waals surface area contributed by atoms with Crippen LogP contribution in [0.1, 0.15) is 5.56 Å². The summed E-state index contributed by atoms with van der Waals surface area (Å²) in [6, 6.07) is 1.34. The van der Waals surface area contributed by atoms with Crippen LogP contribution in [0, 0.1) is 18.6 Å². The molecule has 0 spiro atoms. The Morgan fingerprint density at radius 1 is 1.31 bits per heavy atom. The number of hydrogen-bond donors (Lipinski definition) is 2. The van der Waals surface area contributed by atoms with E-state index in [2.05, 4.69) is 0 Å². The monoisotopic (exact) mass is 187 g/mol. The predicted molar refractivity (Wildman–Crippen MR) is 48.1 cm³/mol. The number of nitrogens with two attached hydrogens (primary N) is 2. The molecule has 3 nitrogen and oxygen atoms in total. The molecule has 0 atom stereocenters. The molecule has 0 saturated carbocycles. The number of benzene rings is 1. The highest BCUT2D eigenvalue weighted by Gasteiger charge is 2.16. The summed E-state index contributed by atoms with van der Waals surface area (Å²) in [6.45, 7) is 1.44. The van der Waals surface area contributed by atoms with Crippen LogP contribution < -0.4 is 16.6 Å². The first kappa shape index (κ1) is 9.73. The van der Waals surface area contributed by atoms with Gasteiger partial charge in [0.2, 0.25) is 0 Å². The molecule has 0 aliphatic heterocycles. The van der Waals surface area contributed by atoms with Crippen molar-refractivity contribution in [3.05, 3.63) is 23.3 Å². The van der Waals surface area contributed by atoms with Crippen molar-refractivity contribution < 1.29 is 8.78 Å². The lowest BCUT2D eigenvalue weighted by molar-refractivity contribution is 0.503. The molecule has 0 radical (unpaired) electrons. The maximum atomic E-state index is 13.2. The van der Waals surface area contributed by atoms with Gasteiger partial charge in [0.05, 0.1) is 5.69 Å². The van der Waals surface area contributed by atoms with Gasteiger partial charge >= 0.3 is 0 Å². The van der Waals surface area contributed by atoms with Crippen LogP contribution in [-0.2, 0) is 0 Å². The van der Waals surface area contributed by atoms with E-state index < -0.39 is 11.6 Å². The van der Waals surface area contributed by atoms with E-state index >= 15 is 0 Å². The smallest absolute Gasteiger partial charge is 0.185 e. The lowest BCUT2D eigenvalue weighted by Crippen LogP contribution is -2.27. The van der Waals surface area contributed by atoms with Crippen molar-refractivity contribution in [3.63, 3.8) is 0 Å². The standard InChI is InChI=1S/C8H11F2N3/c1-4-3-5(11)8(13(2)12)7(10)6(4)9/h3H,11-12H2,1-2H3. The Balaban J connectivity index is 3.44. The molecule has 0 fully saturated rings. The van der Waals surface area contributed by atoms with Gasteiger partial charge in [0, 0.05) is 7.05 Å². The van der Waals surface area contributed by atoms with Crippen LogP contribution in [0.2, 0.25) is 0 Å². The van der Waals surface area contributed by atoms with Crippen molar-refractivity contribution in [2.75, 3.05) is 17.8 Å². The van der Waals surface area contributed by atoms with Gasteiger partial charge < -0.3 is 10.7 Å². The van der Waals surface area contributed by atoms with E-state index in [1.165, 1.54) is 20.0 Å². The van der Waals surface area contributed by atoms with Crippen molar-refractivity contribution in [1.29, 1.82) is 0 Å². The van der Waals surface area contributed by atoms with Crippen LogP contribution >= 0.6 is 0 Å². The van der Waals surface area contributed by atoms with Crippen LogP contribution in [0.4, 0.5) is 20.2 Å². The Morgan fingerprint density at radius 2 is 1.85 bits per heavy atom. The van der Waals surface area contributed by atoms with Crippen LogP contribution in [-0.4, -0.2) is 7.05 Å². The number of nitrogens with zero attached hydrogens (tertiary/aromatic N) is 1. The number of rotatable bonds is 1. The summed E-state index contributed by atoms with van der Waals surface area (Å²) in [5.41, 5.74) is 5.64. The van der Waals surface area contributed by atoms with Crippen LogP contribution in [0.25, 0.3) is 0 Å². The number of aryl methyl sites for hydroxylation is 1. The number of nitrogen functional groups attached to an aromatic ring is 1. The molecule has 0 aromatic heterocycles. The molecule has 4 N–H and O–H groups in total. The third-order valence-corrected chi connectivity index (χ3v) is 1.74. The van der Waals surface area contributed by atoms with Gasteiger partial charge in [-0.15, -0.1) is 0 Å². The minimum Gasteiger partial charge on any atom is -0.397 e. The zero-order valence-corrected chi connectivity index (χ0v) is 7.44. The normalized spacial score (nSPS) is 10.2. The molecule has 0 heterocycles. The van der Waals surface area contributed by atoms with Crippen LogP contribution in [0.15, 0.2) is 6.07 Å². The molecule has 0 saturated heterocycles. The zero-order valence-electron chi connectivity index (χ0n) is 7.44. The fourth-order valence-corrected chi connectivity index (χ4v) is 1.13. The quantitative estimate of drug-likeness (QED) is 0.394. The van der Waals surface area contributed by atoms with Crippen molar-refractivity contribution in [2.24, 2.45) is 5.84 Å². The summed E-state index contributed by atoms with van der Waals surface area (Å²) in [4.78, 5) is 0. The van der Waals surface area contributed by atoms with Crippen LogP contribution in [0.5, 0.6) is 0 Å². The van der Waals surface area contributed by atoms with Crippen molar-refractivity contribution in [2.45, 2.75) is 6.92 Å². The first-order valence-electron chi connectivity index (χ1n) is 3.67. The minimum absolute atomic E-state index is 0.122. The molecule has 1 aromatic rings. The maximum absolute atomic E-state index is 13.2. The first-order chi connectivity index (χ1) is 5.95. The molecule has 13 heavy (non-hydrogen) atoms. The van der Waals surface area contributed by atoms with E-state index in [1.54, 1.807) is 0 Å². The molecule has 0 bridgehead atoms. The van der Waals surface area contributed by atoms with Gasteiger partial charge in [-0.3, -0.25) is 0 Å². The fourth-order valence-electron chi connectivity index (χ4n) is 1.13. The average Bonchev–Trinajstić information content (AvgIpc) is 1.99. The summed E-state index contributed by atoms with van der Waals surface area (Å²) < 4.78 is 26.2. The Bertz CT molecular complexity index is 337. The van der Waals surface area contributed by atoms with Crippen molar-refractivity contribution in [3.8, 4) is 0 Å². The first-order valence-corrected chi connectivity index (χ1v) is 3.67. The largest absolute Gasteiger partial charge is 0.397 e. The third kappa shape index (κ3) is 1.55. The Hall–Kier alpha value is -1.36. The number of hydrazine groups is 1. The number of hydrogen-bond acceptors (Lipinski definition) is 3. The highest BCUT2D eigenvalue weighted by molar-refractivity contribution is 5.68. The lowest BCUT2D eigenvalue weighted by Gasteiger charge is -2.16. The second-order valence-electron chi connectivity index (χ2n) is 2.87. The average molecular weight is 187 g/mol. The number of halogens is 2. The zero-order chi connectivity index (χ0) is 10.2. The molecule has 0 amide bonds. The van der Waals surface area contributed by atoms with Gasteiger partial charge in [-0.1, -0.05) is 0 Å². The van der Waals surface area contributed by atoms with Crippen LogP contribution in [0.3, 0.4) is 0 Å². The van der Waals surface area contributed by atoms with E-state index in [0.29, 0.717) is 0 Å². The molecule has 1 aromatic carbocycles. The summed E-state index contributed by atoms with van der Waals surface area (Å²) in [5, 5.41) is 0.952. The molecule has 0 aliphatic carbocycles. The van der Waals surface area contributed by atoms with Gasteiger partial charge in [-0.2, -0.15) is 0 Å². The van der Waals surface area contributed by atoms with E-state index in [1.807, 2.05) is 0 Å². The molecule has 5 heteroatoms. The second-order valence-corrected chi connectivity index (χ2v) is 2.87.